The highest BCUT2D eigenvalue weighted by Crippen LogP contribution is 2.36. The van der Waals surface area contributed by atoms with Crippen LogP contribution in [0.4, 0.5) is 0 Å². The Morgan fingerprint density at radius 3 is 2.72 bits per heavy atom. The van der Waals surface area contributed by atoms with Gasteiger partial charge in [-0.05, 0) is 12.0 Å². The van der Waals surface area contributed by atoms with Gasteiger partial charge >= 0.3 is 0 Å². The van der Waals surface area contributed by atoms with E-state index < -0.39 is 0 Å². The lowest BCUT2D eigenvalue weighted by atomic mass is 9.92. The zero-order valence-corrected chi connectivity index (χ0v) is 10.1. The van der Waals surface area contributed by atoms with E-state index in [1.165, 1.54) is 0 Å². The second-order valence-corrected chi connectivity index (χ2v) is 4.94. The Morgan fingerprint density at radius 2 is 1.94 bits per heavy atom. The first-order valence-corrected chi connectivity index (χ1v) is 6.33. The predicted octanol–water partition coefficient (Wildman–Crippen LogP) is 2.28. The number of fused-ring (bicyclic) bond motifs is 1. The third-order valence-corrected chi connectivity index (χ3v) is 3.68. The van der Waals surface area contributed by atoms with Gasteiger partial charge in [0.25, 0.3) is 0 Å². The van der Waals surface area contributed by atoms with E-state index in [-0.39, 0.29) is 17.6 Å². The summed E-state index contributed by atoms with van der Waals surface area (Å²) in [5.41, 5.74) is 2.03. The van der Waals surface area contributed by atoms with Crippen LogP contribution >= 0.6 is 0 Å². The van der Waals surface area contributed by atoms with Crippen LogP contribution in [-0.4, -0.2) is 16.6 Å². The number of benzene rings is 1. The average molecular weight is 241 g/mol. The molecule has 0 saturated carbocycles. The first kappa shape index (κ1) is 11.2. The third kappa shape index (κ3) is 1.96. The second kappa shape index (κ2) is 4.41. The Hall–Kier alpha value is -1.90. The molecule has 1 saturated heterocycles. The van der Waals surface area contributed by atoms with Crippen LogP contribution in [0, 0.1) is 5.92 Å². The minimum Gasteiger partial charge on any atom is -0.311 e. The number of rotatable bonds is 2. The van der Waals surface area contributed by atoms with Crippen molar-refractivity contribution in [1.29, 1.82) is 0 Å². The molecule has 1 amide bonds. The molecule has 1 heterocycles. The molecular weight excluding hydrogens is 226 g/mol. The zero-order valence-electron chi connectivity index (χ0n) is 10.1. The number of allylic oxidation sites excluding steroid dienone is 2. The van der Waals surface area contributed by atoms with Crippen LogP contribution in [0.2, 0.25) is 0 Å². The molecule has 1 aliphatic heterocycles. The van der Waals surface area contributed by atoms with Crippen molar-refractivity contribution in [2.45, 2.75) is 25.8 Å². The summed E-state index contributed by atoms with van der Waals surface area (Å²) in [7, 11) is 0. The fraction of sp³-hybridized carbons (Fsp3) is 0.333. The summed E-state index contributed by atoms with van der Waals surface area (Å²) in [5, 5.41) is 0. The maximum atomic E-state index is 12.0. The zero-order chi connectivity index (χ0) is 12.5. The highest BCUT2D eigenvalue weighted by atomic mass is 16.2. The van der Waals surface area contributed by atoms with Gasteiger partial charge in [0.1, 0.15) is 0 Å². The number of nitrogens with zero attached hydrogens (tertiary/aromatic N) is 1. The van der Waals surface area contributed by atoms with Crippen molar-refractivity contribution < 1.29 is 9.59 Å². The lowest BCUT2D eigenvalue weighted by Crippen LogP contribution is -2.25. The van der Waals surface area contributed by atoms with Crippen molar-refractivity contribution in [1.82, 2.24) is 4.90 Å². The van der Waals surface area contributed by atoms with E-state index in [9.17, 15) is 9.59 Å². The molecule has 3 heteroatoms. The number of carbonyl (C=O) groups excluding carboxylic acids is 2. The topological polar surface area (TPSA) is 37.4 Å². The van der Waals surface area contributed by atoms with E-state index in [2.05, 4.69) is 0 Å². The molecule has 0 radical (unpaired) electrons. The lowest BCUT2D eigenvalue weighted by Gasteiger charge is -2.23. The van der Waals surface area contributed by atoms with Gasteiger partial charge < -0.3 is 4.90 Å². The summed E-state index contributed by atoms with van der Waals surface area (Å²) in [4.78, 5) is 25.3. The Labute approximate surface area is 106 Å². The summed E-state index contributed by atoms with van der Waals surface area (Å²) in [6.07, 6.45) is 3.64. The largest absolute Gasteiger partial charge is 0.311 e. The summed E-state index contributed by atoms with van der Waals surface area (Å²) in [6.45, 7) is 0.579. The van der Waals surface area contributed by atoms with Crippen molar-refractivity contribution >= 4 is 11.7 Å². The molecule has 3 rings (SSSR count). The quantitative estimate of drug-likeness (QED) is 0.796. The normalized spacial score (nSPS) is 23.0. The van der Waals surface area contributed by atoms with Crippen LogP contribution in [0.15, 0.2) is 42.1 Å². The van der Waals surface area contributed by atoms with E-state index in [4.69, 9.17) is 0 Å². The van der Waals surface area contributed by atoms with Crippen molar-refractivity contribution in [3.63, 3.8) is 0 Å². The summed E-state index contributed by atoms with van der Waals surface area (Å²) in [6, 6.07) is 9.90. The van der Waals surface area contributed by atoms with E-state index >= 15 is 0 Å². The van der Waals surface area contributed by atoms with E-state index in [1.807, 2.05) is 30.3 Å². The molecule has 3 nitrogen and oxygen atoms in total. The van der Waals surface area contributed by atoms with Gasteiger partial charge in [-0.15, -0.1) is 0 Å². The minimum absolute atomic E-state index is 0.143. The maximum absolute atomic E-state index is 12.0. The highest BCUT2D eigenvalue weighted by molar-refractivity contribution is 5.94. The molecule has 1 aromatic carbocycles. The molecule has 92 valence electrons. The molecule has 1 fully saturated rings. The molecule has 0 bridgehead atoms. The Balaban J connectivity index is 1.87. The van der Waals surface area contributed by atoms with Gasteiger partial charge in [0.15, 0.2) is 5.78 Å². The van der Waals surface area contributed by atoms with Crippen molar-refractivity contribution in [3.8, 4) is 0 Å². The average Bonchev–Trinajstić information content (AvgIpc) is 2.67. The van der Waals surface area contributed by atoms with Crippen molar-refractivity contribution in [3.05, 3.63) is 47.7 Å². The lowest BCUT2D eigenvalue weighted by molar-refractivity contribution is -0.127. The van der Waals surface area contributed by atoms with Crippen LogP contribution in [0.5, 0.6) is 0 Å². The molecule has 0 spiro atoms. The fourth-order valence-corrected chi connectivity index (χ4v) is 2.73. The van der Waals surface area contributed by atoms with Gasteiger partial charge in [-0.25, -0.2) is 0 Å². The number of amides is 1. The molecule has 0 N–H and O–H groups in total. The summed E-state index contributed by atoms with van der Waals surface area (Å²) in [5.74, 6) is 0.553. The number of carbonyl (C=O) groups is 2. The number of likely N-dealkylation sites (tertiary alicyclic amines) is 1. The van der Waals surface area contributed by atoms with Gasteiger partial charge in [0.05, 0.1) is 6.54 Å². The van der Waals surface area contributed by atoms with Gasteiger partial charge in [-0.3, -0.25) is 9.59 Å². The molecular formula is C15H15NO2. The Kier molecular flexibility index (Phi) is 2.74. The molecule has 0 aromatic heterocycles. The van der Waals surface area contributed by atoms with Gasteiger partial charge in [-0.1, -0.05) is 30.3 Å². The van der Waals surface area contributed by atoms with Crippen LogP contribution in [0.1, 0.15) is 24.8 Å². The SMILES string of the molecule is O=C1C=C2C(CC1)CC(=O)N2Cc1ccccc1. The number of hydrogen-bond donors (Lipinski definition) is 0. The molecule has 1 aromatic rings. The van der Waals surface area contributed by atoms with Crippen LogP contribution in [-0.2, 0) is 16.1 Å². The monoisotopic (exact) mass is 241 g/mol. The first-order valence-electron chi connectivity index (χ1n) is 6.33. The minimum atomic E-state index is 0.143. The smallest absolute Gasteiger partial charge is 0.227 e. The third-order valence-electron chi connectivity index (χ3n) is 3.68. The summed E-state index contributed by atoms with van der Waals surface area (Å²) >= 11 is 0. The van der Waals surface area contributed by atoms with Crippen molar-refractivity contribution in [2.75, 3.05) is 0 Å². The van der Waals surface area contributed by atoms with Crippen LogP contribution < -0.4 is 0 Å². The summed E-state index contributed by atoms with van der Waals surface area (Å²) < 4.78 is 0. The molecule has 1 unspecified atom stereocenters. The first-order chi connectivity index (χ1) is 8.74. The van der Waals surface area contributed by atoms with Crippen LogP contribution in [0.3, 0.4) is 0 Å². The fourth-order valence-electron chi connectivity index (χ4n) is 2.73. The van der Waals surface area contributed by atoms with Gasteiger partial charge in [0, 0.05) is 30.5 Å². The van der Waals surface area contributed by atoms with Crippen molar-refractivity contribution in [2.24, 2.45) is 5.92 Å². The highest BCUT2D eigenvalue weighted by Gasteiger charge is 2.37. The number of ketones is 1. The Morgan fingerprint density at radius 1 is 1.17 bits per heavy atom. The van der Waals surface area contributed by atoms with E-state index in [1.54, 1.807) is 11.0 Å². The standard InChI is InChI=1S/C15H15NO2/c17-13-7-6-12-8-15(18)16(14(12)9-13)10-11-4-2-1-3-5-11/h1-5,9,12H,6-8,10H2. The molecule has 2 aliphatic rings. The second-order valence-electron chi connectivity index (χ2n) is 4.94. The molecule has 1 aliphatic carbocycles. The molecule has 18 heavy (non-hydrogen) atoms. The Bertz CT molecular complexity index is 519. The van der Waals surface area contributed by atoms with E-state index in [0.717, 1.165) is 17.7 Å². The number of hydrogen-bond acceptors (Lipinski definition) is 2. The maximum Gasteiger partial charge on any atom is 0.227 e. The van der Waals surface area contributed by atoms with E-state index in [0.29, 0.717) is 19.4 Å². The van der Waals surface area contributed by atoms with Crippen LogP contribution in [0.25, 0.3) is 0 Å². The van der Waals surface area contributed by atoms with Gasteiger partial charge in [0.2, 0.25) is 5.91 Å². The molecule has 1 atom stereocenters. The van der Waals surface area contributed by atoms with Gasteiger partial charge in [-0.2, -0.15) is 0 Å². The predicted molar refractivity (Wildman–Crippen MR) is 67.4 cm³/mol.